The van der Waals surface area contributed by atoms with Gasteiger partial charge in [-0.25, -0.2) is 0 Å². The highest BCUT2D eigenvalue weighted by Gasteiger charge is 2.38. The fourth-order valence-electron chi connectivity index (χ4n) is 3.40. The molecule has 0 saturated carbocycles. The van der Waals surface area contributed by atoms with Crippen LogP contribution in [-0.2, 0) is 14.3 Å². The molecule has 2 heterocycles. The molecule has 28 heavy (non-hydrogen) atoms. The number of benzene rings is 1. The highest BCUT2D eigenvalue weighted by Crippen LogP contribution is 2.40. The van der Waals surface area contributed by atoms with Crippen LogP contribution >= 0.6 is 11.3 Å². The number of nitrogens with two attached hydrogens (primary N) is 1. The first-order valence-corrected chi connectivity index (χ1v) is 10.4. The Labute approximate surface area is 169 Å². The zero-order chi connectivity index (χ0) is 19.9. The summed E-state index contributed by atoms with van der Waals surface area (Å²) in [7, 11) is 0. The molecule has 0 aliphatic carbocycles. The number of nitrogen functional groups attached to an aromatic ring is 1. The van der Waals surface area contributed by atoms with Crippen molar-refractivity contribution in [2.45, 2.75) is 32.0 Å². The van der Waals surface area contributed by atoms with Gasteiger partial charge in [0.05, 0.1) is 11.4 Å². The number of carbonyl (C=O) groups excluding carboxylic acids is 1. The van der Waals surface area contributed by atoms with Crippen LogP contribution in [0, 0.1) is 5.92 Å². The van der Waals surface area contributed by atoms with E-state index in [1.165, 1.54) is 0 Å². The number of rotatable bonds is 8. The number of allylic oxidation sites excluding steroid dienone is 1. The quantitative estimate of drug-likeness (QED) is 0.585. The number of thiophene rings is 1. The van der Waals surface area contributed by atoms with Crippen LogP contribution in [0.1, 0.15) is 31.2 Å². The Morgan fingerprint density at radius 2 is 2.18 bits per heavy atom. The van der Waals surface area contributed by atoms with Gasteiger partial charge in [-0.05, 0) is 60.4 Å². The SMILES string of the molecule is CCO[C@H]1OC(C(=O)Nc2ccccc2N)=C[C@@H](c2ccsc2)[C@@H]1CCCO. The summed E-state index contributed by atoms with van der Waals surface area (Å²) in [6.07, 6.45) is 2.68. The van der Waals surface area contributed by atoms with Crippen LogP contribution in [0.25, 0.3) is 0 Å². The summed E-state index contributed by atoms with van der Waals surface area (Å²) in [6, 6.07) is 9.15. The van der Waals surface area contributed by atoms with Gasteiger partial charge in [0, 0.05) is 25.0 Å². The van der Waals surface area contributed by atoms with Gasteiger partial charge in [0.25, 0.3) is 5.91 Å². The highest BCUT2D eigenvalue weighted by molar-refractivity contribution is 7.08. The van der Waals surface area contributed by atoms with E-state index >= 15 is 0 Å². The standard InChI is InChI=1S/C21H26N2O4S/c1-2-26-21-15(6-5-10-24)16(14-9-11-28-13-14)12-19(27-21)20(25)23-18-8-4-3-7-17(18)22/h3-4,7-9,11-13,15-16,21,24H,2,5-6,10,22H2,1H3,(H,23,25)/t15-,16-,21-/m0/s1. The molecule has 0 bridgehead atoms. The van der Waals surface area contributed by atoms with E-state index in [4.69, 9.17) is 15.2 Å². The van der Waals surface area contributed by atoms with E-state index in [2.05, 4.69) is 16.8 Å². The second kappa shape index (κ2) is 9.73. The van der Waals surface area contributed by atoms with E-state index in [1.807, 2.05) is 30.5 Å². The summed E-state index contributed by atoms with van der Waals surface area (Å²) < 4.78 is 11.8. The van der Waals surface area contributed by atoms with Gasteiger partial charge in [-0.2, -0.15) is 11.3 Å². The Morgan fingerprint density at radius 1 is 1.36 bits per heavy atom. The van der Waals surface area contributed by atoms with Crippen molar-refractivity contribution in [1.82, 2.24) is 0 Å². The number of aliphatic hydroxyl groups excluding tert-OH is 1. The van der Waals surface area contributed by atoms with Gasteiger partial charge in [0.1, 0.15) is 0 Å². The van der Waals surface area contributed by atoms with Gasteiger partial charge in [-0.1, -0.05) is 12.1 Å². The Balaban J connectivity index is 1.89. The molecular weight excluding hydrogens is 376 g/mol. The molecule has 4 N–H and O–H groups in total. The fraction of sp³-hybridized carbons (Fsp3) is 0.381. The number of para-hydroxylation sites is 2. The topological polar surface area (TPSA) is 93.8 Å². The van der Waals surface area contributed by atoms with Crippen molar-refractivity contribution in [3.8, 4) is 0 Å². The molecule has 3 atom stereocenters. The lowest BCUT2D eigenvalue weighted by atomic mass is 9.81. The molecule has 0 fully saturated rings. The minimum absolute atomic E-state index is 0.0139. The summed E-state index contributed by atoms with van der Waals surface area (Å²) in [5.74, 6) is -0.154. The normalized spacial score (nSPS) is 21.6. The van der Waals surface area contributed by atoms with E-state index in [-0.39, 0.29) is 30.1 Å². The second-order valence-electron chi connectivity index (χ2n) is 6.63. The average Bonchev–Trinajstić information content (AvgIpc) is 3.23. The molecule has 0 saturated heterocycles. The average molecular weight is 403 g/mol. The van der Waals surface area contributed by atoms with Crippen molar-refractivity contribution < 1.29 is 19.4 Å². The summed E-state index contributed by atoms with van der Waals surface area (Å²) in [5.41, 5.74) is 8.08. The third-order valence-corrected chi connectivity index (χ3v) is 5.47. The van der Waals surface area contributed by atoms with E-state index in [0.717, 1.165) is 12.0 Å². The third kappa shape index (κ3) is 4.73. The molecule has 150 valence electrons. The minimum Gasteiger partial charge on any atom is -0.459 e. The van der Waals surface area contributed by atoms with E-state index in [1.54, 1.807) is 23.5 Å². The van der Waals surface area contributed by atoms with Crippen LogP contribution in [0.2, 0.25) is 0 Å². The lowest BCUT2D eigenvalue weighted by Crippen LogP contribution is -2.37. The number of hydrogen-bond donors (Lipinski definition) is 3. The highest BCUT2D eigenvalue weighted by atomic mass is 32.1. The zero-order valence-electron chi connectivity index (χ0n) is 15.8. The van der Waals surface area contributed by atoms with Crippen LogP contribution in [-0.4, -0.2) is 30.5 Å². The second-order valence-corrected chi connectivity index (χ2v) is 7.41. The van der Waals surface area contributed by atoms with E-state index in [0.29, 0.717) is 24.4 Å². The Hall–Kier alpha value is -2.35. The molecule has 1 aromatic heterocycles. The molecule has 1 aliphatic rings. The molecule has 7 heteroatoms. The first-order chi connectivity index (χ1) is 13.6. The number of amides is 1. The van der Waals surface area contributed by atoms with Gasteiger partial charge in [-0.15, -0.1) is 0 Å². The number of ether oxygens (including phenoxy) is 2. The smallest absolute Gasteiger partial charge is 0.290 e. The van der Waals surface area contributed by atoms with Crippen LogP contribution in [0.15, 0.2) is 52.9 Å². The monoisotopic (exact) mass is 402 g/mol. The maximum atomic E-state index is 12.9. The van der Waals surface area contributed by atoms with Gasteiger partial charge < -0.3 is 25.6 Å². The Morgan fingerprint density at radius 3 is 2.86 bits per heavy atom. The van der Waals surface area contributed by atoms with Gasteiger partial charge in [0.2, 0.25) is 6.29 Å². The number of carbonyl (C=O) groups is 1. The zero-order valence-corrected chi connectivity index (χ0v) is 16.7. The van der Waals surface area contributed by atoms with Crippen LogP contribution < -0.4 is 11.1 Å². The molecule has 0 unspecified atom stereocenters. The largest absolute Gasteiger partial charge is 0.459 e. The van der Waals surface area contributed by atoms with Crippen molar-refractivity contribution in [3.63, 3.8) is 0 Å². The Kier molecular flexibility index (Phi) is 7.08. The van der Waals surface area contributed by atoms with Crippen LogP contribution in [0.5, 0.6) is 0 Å². The number of nitrogens with one attached hydrogen (secondary N) is 1. The molecule has 0 spiro atoms. The fourth-order valence-corrected chi connectivity index (χ4v) is 4.11. The number of anilines is 2. The van der Waals surface area contributed by atoms with Crippen molar-refractivity contribution >= 4 is 28.6 Å². The van der Waals surface area contributed by atoms with Gasteiger partial charge in [-0.3, -0.25) is 4.79 Å². The lowest BCUT2D eigenvalue weighted by molar-refractivity contribution is -0.164. The van der Waals surface area contributed by atoms with Gasteiger partial charge >= 0.3 is 0 Å². The summed E-state index contributed by atoms with van der Waals surface area (Å²) in [6.45, 7) is 2.47. The number of aliphatic hydroxyl groups is 1. The van der Waals surface area contributed by atoms with Crippen LogP contribution in [0.3, 0.4) is 0 Å². The molecule has 1 aromatic carbocycles. The van der Waals surface area contributed by atoms with Crippen molar-refractivity contribution in [3.05, 3.63) is 58.5 Å². The van der Waals surface area contributed by atoms with Crippen molar-refractivity contribution in [1.29, 1.82) is 0 Å². The summed E-state index contributed by atoms with van der Waals surface area (Å²) >= 11 is 1.61. The lowest BCUT2D eigenvalue weighted by Gasteiger charge is -2.36. The summed E-state index contributed by atoms with van der Waals surface area (Å²) in [4.78, 5) is 12.9. The first kappa shape index (κ1) is 20.4. The molecular formula is C21H26N2O4S. The molecule has 2 aromatic rings. The maximum absolute atomic E-state index is 12.9. The Bertz CT molecular complexity index is 806. The maximum Gasteiger partial charge on any atom is 0.290 e. The molecule has 3 rings (SSSR count). The molecule has 1 aliphatic heterocycles. The van der Waals surface area contributed by atoms with E-state index in [9.17, 15) is 9.90 Å². The molecule has 1 amide bonds. The predicted octanol–water partition coefficient (Wildman–Crippen LogP) is 3.72. The van der Waals surface area contributed by atoms with Crippen molar-refractivity contribution in [2.24, 2.45) is 5.92 Å². The third-order valence-electron chi connectivity index (χ3n) is 4.77. The minimum atomic E-state index is -0.555. The molecule has 6 nitrogen and oxygen atoms in total. The first-order valence-electron chi connectivity index (χ1n) is 9.43. The summed E-state index contributed by atoms with van der Waals surface area (Å²) in [5, 5.41) is 16.2. The number of hydrogen-bond acceptors (Lipinski definition) is 6. The van der Waals surface area contributed by atoms with E-state index < -0.39 is 6.29 Å². The van der Waals surface area contributed by atoms with Crippen LogP contribution in [0.4, 0.5) is 11.4 Å². The van der Waals surface area contributed by atoms with Gasteiger partial charge in [0.15, 0.2) is 5.76 Å². The molecule has 0 radical (unpaired) electrons. The predicted molar refractivity (Wildman–Crippen MR) is 111 cm³/mol. The van der Waals surface area contributed by atoms with Crippen molar-refractivity contribution in [2.75, 3.05) is 24.3 Å².